The van der Waals surface area contributed by atoms with Crippen LogP contribution in [0.25, 0.3) is 5.69 Å². The summed E-state index contributed by atoms with van der Waals surface area (Å²) in [4.78, 5) is 46.4. The molecular weight excluding hydrogens is 598 g/mol. The van der Waals surface area contributed by atoms with Gasteiger partial charge in [0.1, 0.15) is 18.1 Å². The number of aromatic nitrogens is 1. The van der Waals surface area contributed by atoms with Gasteiger partial charge in [0.15, 0.2) is 5.76 Å². The molecular formula is C32H25N5O9. The van der Waals surface area contributed by atoms with E-state index < -0.39 is 33.2 Å². The topological polar surface area (TPSA) is 181 Å². The fourth-order valence-electron chi connectivity index (χ4n) is 4.48. The highest BCUT2D eigenvalue weighted by atomic mass is 16.6. The van der Waals surface area contributed by atoms with Gasteiger partial charge in [0.2, 0.25) is 5.75 Å². The van der Waals surface area contributed by atoms with E-state index in [1.165, 1.54) is 18.2 Å². The van der Waals surface area contributed by atoms with Gasteiger partial charge in [-0.2, -0.15) is 5.10 Å². The molecule has 0 radical (unpaired) electrons. The maximum Gasteiger partial charge on any atom is 0.343 e. The molecule has 1 amide bonds. The number of hydrazone groups is 1. The normalized spacial score (nSPS) is 10.9. The maximum atomic E-state index is 12.7. The lowest BCUT2D eigenvalue weighted by Crippen LogP contribution is -2.17. The molecule has 0 fully saturated rings. The zero-order valence-electron chi connectivity index (χ0n) is 24.4. The van der Waals surface area contributed by atoms with E-state index in [2.05, 4.69) is 15.1 Å². The monoisotopic (exact) mass is 623 g/mol. The molecule has 46 heavy (non-hydrogen) atoms. The molecule has 0 aliphatic carbocycles. The van der Waals surface area contributed by atoms with Gasteiger partial charge in [-0.1, -0.05) is 6.07 Å². The molecule has 1 N–H and O–H groups in total. The number of nitrogens with zero attached hydrogens (tertiary/aromatic N) is 4. The molecule has 0 spiro atoms. The smallest absolute Gasteiger partial charge is 0.343 e. The minimum absolute atomic E-state index is 0.00594. The van der Waals surface area contributed by atoms with E-state index in [1.54, 1.807) is 6.07 Å². The second-order valence-electron chi connectivity index (χ2n) is 9.85. The first-order valence-corrected chi connectivity index (χ1v) is 13.6. The summed E-state index contributed by atoms with van der Waals surface area (Å²) >= 11 is 0. The standard InChI is InChI=1S/C32H25N5O9/c1-20-6-7-21(2)35(20)24-12-14-26(15-13-24)44-19-27-16-17-29(45-27)31(38)34-33-18-23-4-3-5-28(37(42)43)30(23)46-32(39)22-8-10-25(11-9-22)36(40)41/h3-18H,19H2,1-2H3,(H,34,38)/b33-18+. The number of carbonyl (C=O) groups is 2. The SMILES string of the molecule is Cc1ccc(C)n1-c1ccc(OCc2ccc(C(=O)N/N=C/c3cccc([N+](=O)[O-])c3OC(=O)c3ccc([N+](=O)[O-])cc3)o2)cc1. The summed E-state index contributed by atoms with van der Waals surface area (Å²) in [5.74, 6) is -1.20. The Morgan fingerprint density at radius 3 is 2.24 bits per heavy atom. The van der Waals surface area contributed by atoms with Crippen LogP contribution in [-0.4, -0.2) is 32.5 Å². The van der Waals surface area contributed by atoms with Crippen LogP contribution in [-0.2, 0) is 6.61 Å². The average molecular weight is 624 g/mol. The third-order valence-corrected chi connectivity index (χ3v) is 6.73. The molecule has 5 rings (SSSR count). The van der Waals surface area contributed by atoms with Gasteiger partial charge in [-0.25, -0.2) is 10.2 Å². The molecule has 0 saturated heterocycles. The second-order valence-corrected chi connectivity index (χ2v) is 9.85. The maximum absolute atomic E-state index is 12.7. The van der Waals surface area contributed by atoms with E-state index in [4.69, 9.17) is 13.9 Å². The number of benzene rings is 3. The molecule has 3 aromatic carbocycles. The molecule has 0 atom stereocenters. The minimum Gasteiger partial charge on any atom is -0.486 e. The lowest BCUT2D eigenvalue weighted by atomic mass is 10.1. The number of nitro benzene ring substituents is 2. The molecule has 2 aromatic heterocycles. The quantitative estimate of drug-likeness (QED) is 0.0600. The predicted molar refractivity (Wildman–Crippen MR) is 164 cm³/mol. The van der Waals surface area contributed by atoms with Crippen molar-refractivity contribution in [1.29, 1.82) is 0 Å². The number of non-ortho nitro benzene ring substituents is 1. The van der Waals surface area contributed by atoms with Crippen molar-refractivity contribution in [2.45, 2.75) is 20.5 Å². The largest absolute Gasteiger partial charge is 0.486 e. The molecule has 14 nitrogen and oxygen atoms in total. The summed E-state index contributed by atoms with van der Waals surface area (Å²) in [5, 5.41) is 26.3. The fourth-order valence-corrected chi connectivity index (χ4v) is 4.48. The van der Waals surface area contributed by atoms with Crippen molar-refractivity contribution in [2.24, 2.45) is 5.10 Å². The first-order chi connectivity index (χ1) is 22.1. The Balaban J connectivity index is 1.21. The van der Waals surface area contributed by atoms with Crippen LogP contribution in [0.1, 0.15) is 43.6 Å². The van der Waals surface area contributed by atoms with Crippen molar-refractivity contribution >= 4 is 29.5 Å². The Morgan fingerprint density at radius 2 is 1.59 bits per heavy atom. The van der Waals surface area contributed by atoms with Gasteiger partial charge in [0.25, 0.3) is 5.69 Å². The zero-order valence-corrected chi connectivity index (χ0v) is 24.4. The second kappa shape index (κ2) is 13.4. The summed E-state index contributed by atoms with van der Waals surface area (Å²) in [6.07, 6.45) is 1.07. The van der Waals surface area contributed by atoms with Crippen LogP contribution < -0.4 is 14.9 Å². The number of carbonyl (C=O) groups excluding carboxylic acids is 2. The Bertz CT molecular complexity index is 1940. The van der Waals surface area contributed by atoms with Crippen molar-refractivity contribution in [1.82, 2.24) is 9.99 Å². The molecule has 0 aliphatic heterocycles. The van der Waals surface area contributed by atoms with Crippen LogP contribution >= 0.6 is 0 Å². The van der Waals surface area contributed by atoms with Crippen LogP contribution in [0.2, 0.25) is 0 Å². The van der Waals surface area contributed by atoms with Gasteiger partial charge in [0, 0.05) is 40.8 Å². The zero-order chi connectivity index (χ0) is 32.8. The van der Waals surface area contributed by atoms with Gasteiger partial charge in [-0.05, 0) is 80.6 Å². The summed E-state index contributed by atoms with van der Waals surface area (Å²) in [6, 6.07) is 23.1. The van der Waals surface area contributed by atoms with Crippen molar-refractivity contribution in [3.05, 3.63) is 145 Å². The lowest BCUT2D eigenvalue weighted by molar-refractivity contribution is -0.385. The van der Waals surface area contributed by atoms with Crippen LogP contribution in [0.4, 0.5) is 11.4 Å². The Labute approximate surface area is 260 Å². The van der Waals surface area contributed by atoms with E-state index >= 15 is 0 Å². The molecule has 0 bridgehead atoms. The molecule has 14 heteroatoms. The molecule has 5 aromatic rings. The lowest BCUT2D eigenvalue weighted by Gasteiger charge is -2.10. The van der Waals surface area contributed by atoms with Crippen molar-refractivity contribution < 1.29 is 33.3 Å². The summed E-state index contributed by atoms with van der Waals surface area (Å²) in [5.41, 5.74) is 4.65. The Kier molecular flexibility index (Phi) is 8.98. The summed E-state index contributed by atoms with van der Waals surface area (Å²) < 4.78 is 18.8. The van der Waals surface area contributed by atoms with E-state index in [0.29, 0.717) is 11.5 Å². The minimum atomic E-state index is -0.991. The number of ether oxygens (including phenoxy) is 2. The van der Waals surface area contributed by atoms with Crippen LogP contribution in [0.15, 0.2) is 101 Å². The fraction of sp³-hybridized carbons (Fsp3) is 0.0938. The highest BCUT2D eigenvalue weighted by molar-refractivity contribution is 5.95. The third-order valence-electron chi connectivity index (χ3n) is 6.73. The van der Waals surface area contributed by atoms with Gasteiger partial charge >= 0.3 is 17.6 Å². The number of nitro groups is 2. The molecule has 0 saturated carbocycles. The molecule has 232 valence electrons. The number of nitrogens with one attached hydrogen (secondary N) is 1. The summed E-state index contributed by atoms with van der Waals surface area (Å²) in [6.45, 7) is 4.12. The first-order valence-electron chi connectivity index (χ1n) is 13.6. The molecule has 2 heterocycles. The number of furan rings is 1. The van der Waals surface area contributed by atoms with Crippen LogP contribution in [0, 0.1) is 34.1 Å². The third kappa shape index (κ3) is 6.97. The highest BCUT2D eigenvalue weighted by Crippen LogP contribution is 2.31. The van der Waals surface area contributed by atoms with E-state index in [-0.39, 0.29) is 29.2 Å². The number of para-hydroxylation sites is 1. The van der Waals surface area contributed by atoms with Gasteiger partial charge in [-0.15, -0.1) is 0 Å². The molecule has 0 unspecified atom stereocenters. The molecule has 0 aliphatic rings. The van der Waals surface area contributed by atoms with Crippen molar-refractivity contribution in [3.63, 3.8) is 0 Å². The van der Waals surface area contributed by atoms with Gasteiger partial charge < -0.3 is 18.5 Å². The van der Waals surface area contributed by atoms with E-state index in [9.17, 15) is 29.8 Å². The van der Waals surface area contributed by atoms with Gasteiger partial charge in [-0.3, -0.25) is 25.0 Å². The number of hydrogen-bond acceptors (Lipinski definition) is 10. The number of aryl methyl sites for hydroxylation is 2. The van der Waals surface area contributed by atoms with Crippen LogP contribution in [0.3, 0.4) is 0 Å². The Hall–Kier alpha value is -6.57. The highest BCUT2D eigenvalue weighted by Gasteiger charge is 2.23. The van der Waals surface area contributed by atoms with E-state index in [0.717, 1.165) is 53.6 Å². The Morgan fingerprint density at radius 1 is 0.891 bits per heavy atom. The number of amides is 1. The first kappa shape index (κ1) is 30.9. The van der Waals surface area contributed by atoms with Crippen molar-refractivity contribution in [2.75, 3.05) is 0 Å². The van der Waals surface area contributed by atoms with Crippen molar-refractivity contribution in [3.8, 4) is 17.2 Å². The number of rotatable bonds is 11. The van der Waals surface area contributed by atoms with Crippen LogP contribution in [0.5, 0.6) is 11.5 Å². The summed E-state index contributed by atoms with van der Waals surface area (Å²) in [7, 11) is 0. The average Bonchev–Trinajstić information content (AvgIpc) is 3.66. The van der Waals surface area contributed by atoms with E-state index in [1.807, 2.05) is 50.2 Å². The number of esters is 1. The number of hydrogen-bond donors (Lipinski definition) is 1. The van der Waals surface area contributed by atoms with Gasteiger partial charge in [0.05, 0.1) is 21.6 Å². The predicted octanol–water partition coefficient (Wildman–Crippen LogP) is 6.07.